The second-order valence-corrected chi connectivity index (χ2v) is 1.99. The molecule has 0 amide bonds. The number of hydrogen-bond donors (Lipinski definition) is 5. The monoisotopic (exact) mass is 164 g/mol. The second kappa shape index (κ2) is 5.03. The summed E-state index contributed by atoms with van der Waals surface area (Å²) in [6, 6.07) is -1.16. The lowest BCUT2D eigenvalue weighted by molar-refractivity contribution is -0.141. The van der Waals surface area contributed by atoms with Crippen LogP contribution in [0.15, 0.2) is 0 Å². The highest BCUT2D eigenvalue weighted by atomic mass is 16.4. The zero-order valence-electron chi connectivity index (χ0n) is 5.90. The van der Waals surface area contributed by atoms with Crippen molar-refractivity contribution in [1.29, 1.82) is 0 Å². The van der Waals surface area contributed by atoms with Crippen molar-refractivity contribution in [2.45, 2.75) is 12.3 Å². The van der Waals surface area contributed by atoms with Crippen LogP contribution in [0.2, 0.25) is 0 Å². The molecule has 0 saturated heterocycles. The SMILES string of the molecule is NCC(O)N[C@@H](CO)C(=O)O. The number of aliphatic carboxylic acids is 1. The number of carboxylic acids is 1. The van der Waals surface area contributed by atoms with Gasteiger partial charge in [-0.15, -0.1) is 0 Å². The lowest BCUT2D eigenvalue weighted by atomic mass is 10.3. The van der Waals surface area contributed by atoms with Crippen molar-refractivity contribution in [2.24, 2.45) is 5.73 Å². The Kier molecular flexibility index (Phi) is 4.71. The molecule has 0 aromatic rings. The molecule has 0 rings (SSSR count). The van der Waals surface area contributed by atoms with Crippen molar-refractivity contribution in [2.75, 3.05) is 13.2 Å². The van der Waals surface area contributed by atoms with Gasteiger partial charge < -0.3 is 21.1 Å². The smallest absolute Gasteiger partial charge is 0.323 e. The second-order valence-electron chi connectivity index (χ2n) is 1.99. The third-order valence-corrected chi connectivity index (χ3v) is 1.10. The summed E-state index contributed by atoms with van der Waals surface area (Å²) in [5, 5.41) is 27.8. The molecule has 0 bridgehead atoms. The predicted octanol–water partition coefficient (Wildman–Crippen LogP) is -2.70. The van der Waals surface area contributed by atoms with E-state index in [1.165, 1.54) is 0 Å². The molecule has 11 heavy (non-hydrogen) atoms. The molecule has 0 aliphatic carbocycles. The van der Waals surface area contributed by atoms with Gasteiger partial charge in [-0.3, -0.25) is 10.1 Å². The first-order valence-corrected chi connectivity index (χ1v) is 3.09. The number of aliphatic hydroxyl groups is 2. The van der Waals surface area contributed by atoms with Crippen LogP contribution in [0, 0.1) is 0 Å². The fourth-order valence-corrected chi connectivity index (χ4v) is 0.502. The predicted molar refractivity (Wildman–Crippen MR) is 36.7 cm³/mol. The summed E-state index contributed by atoms with van der Waals surface area (Å²) >= 11 is 0. The Hall–Kier alpha value is -0.690. The molecule has 2 atom stereocenters. The van der Waals surface area contributed by atoms with Crippen LogP contribution in [-0.2, 0) is 4.79 Å². The first kappa shape index (κ1) is 10.3. The highest BCUT2D eigenvalue weighted by Crippen LogP contribution is 1.83. The van der Waals surface area contributed by atoms with Crippen LogP contribution in [0.4, 0.5) is 0 Å². The van der Waals surface area contributed by atoms with Gasteiger partial charge in [0.05, 0.1) is 6.61 Å². The molecule has 0 radical (unpaired) electrons. The van der Waals surface area contributed by atoms with Gasteiger partial charge in [0, 0.05) is 6.54 Å². The lowest BCUT2D eigenvalue weighted by Gasteiger charge is -2.15. The molecule has 1 unspecified atom stereocenters. The highest BCUT2D eigenvalue weighted by molar-refractivity contribution is 5.73. The largest absolute Gasteiger partial charge is 0.480 e. The van der Waals surface area contributed by atoms with Crippen molar-refractivity contribution in [3.05, 3.63) is 0 Å². The van der Waals surface area contributed by atoms with E-state index in [-0.39, 0.29) is 6.54 Å². The Morgan fingerprint density at radius 2 is 2.18 bits per heavy atom. The van der Waals surface area contributed by atoms with E-state index in [1.54, 1.807) is 0 Å². The Labute approximate surface area is 63.6 Å². The van der Waals surface area contributed by atoms with Crippen LogP contribution in [-0.4, -0.2) is 46.7 Å². The van der Waals surface area contributed by atoms with Gasteiger partial charge in [0.15, 0.2) is 0 Å². The van der Waals surface area contributed by atoms with Gasteiger partial charge in [0.2, 0.25) is 0 Å². The van der Waals surface area contributed by atoms with E-state index in [9.17, 15) is 4.79 Å². The number of rotatable bonds is 5. The first-order chi connectivity index (χ1) is 5.11. The number of aliphatic hydroxyl groups excluding tert-OH is 2. The minimum Gasteiger partial charge on any atom is -0.480 e. The molecule has 0 saturated carbocycles. The molecule has 66 valence electrons. The maximum absolute atomic E-state index is 10.2. The van der Waals surface area contributed by atoms with Gasteiger partial charge in [-0.05, 0) is 0 Å². The topological polar surface area (TPSA) is 116 Å². The van der Waals surface area contributed by atoms with Crippen molar-refractivity contribution < 1.29 is 20.1 Å². The van der Waals surface area contributed by atoms with E-state index in [2.05, 4.69) is 5.32 Å². The van der Waals surface area contributed by atoms with Crippen molar-refractivity contribution in [3.63, 3.8) is 0 Å². The minimum atomic E-state index is -1.22. The highest BCUT2D eigenvalue weighted by Gasteiger charge is 2.17. The molecule has 0 heterocycles. The molecule has 6 N–H and O–H groups in total. The van der Waals surface area contributed by atoms with Gasteiger partial charge in [-0.25, -0.2) is 0 Å². The third kappa shape index (κ3) is 3.89. The van der Waals surface area contributed by atoms with E-state index >= 15 is 0 Å². The number of carbonyl (C=O) groups is 1. The molecular formula is C5H12N2O4. The average Bonchev–Trinajstić information content (AvgIpc) is 1.99. The molecule has 6 nitrogen and oxygen atoms in total. The summed E-state index contributed by atoms with van der Waals surface area (Å²) in [4.78, 5) is 10.2. The Morgan fingerprint density at radius 1 is 1.64 bits per heavy atom. The van der Waals surface area contributed by atoms with Crippen LogP contribution < -0.4 is 11.1 Å². The molecule has 0 aliphatic heterocycles. The first-order valence-electron chi connectivity index (χ1n) is 3.09. The Bertz CT molecular complexity index is 130. The van der Waals surface area contributed by atoms with Crippen LogP contribution in [0.5, 0.6) is 0 Å². The van der Waals surface area contributed by atoms with Gasteiger partial charge in [-0.1, -0.05) is 0 Å². The molecular weight excluding hydrogens is 152 g/mol. The van der Waals surface area contributed by atoms with E-state index in [0.717, 1.165) is 0 Å². The number of nitrogens with one attached hydrogen (secondary N) is 1. The maximum Gasteiger partial charge on any atom is 0.323 e. The van der Waals surface area contributed by atoms with Crippen LogP contribution >= 0.6 is 0 Å². The van der Waals surface area contributed by atoms with Gasteiger partial charge in [0.1, 0.15) is 12.3 Å². The third-order valence-electron chi connectivity index (χ3n) is 1.10. The Balaban J connectivity index is 3.77. The normalized spacial score (nSPS) is 15.9. The number of nitrogens with two attached hydrogens (primary N) is 1. The summed E-state index contributed by atoms with van der Waals surface area (Å²) in [6.07, 6.45) is -1.09. The van der Waals surface area contributed by atoms with Gasteiger partial charge in [0.25, 0.3) is 0 Å². The van der Waals surface area contributed by atoms with E-state index in [4.69, 9.17) is 21.1 Å². The van der Waals surface area contributed by atoms with E-state index in [0.29, 0.717) is 0 Å². The maximum atomic E-state index is 10.2. The number of hydrogen-bond acceptors (Lipinski definition) is 5. The summed E-state index contributed by atoms with van der Waals surface area (Å²) in [7, 11) is 0. The quantitative estimate of drug-likeness (QED) is 0.282. The van der Waals surface area contributed by atoms with E-state index < -0.39 is 24.8 Å². The van der Waals surface area contributed by atoms with E-state index in [1.807, 2.05) is 0 Å². The zero-order chi connectivity index (χ0) is 8.85. The molecule has 0 aromatic carbocycles. The fourth-order valence-electron chi connectivity index (χ4n) is 0.502. The standard InChI is InChI=1S/C5H12N2O4/c6-1-4(9)7-3(2-8)5(10)11/h3-4,7-9H,1-2,6H2,(H,10,11)/t3-,4?/m0/s1. The lowest BCUT2D eigenvalue weighted by Crippen LogP contribution is -2.48. The average molecular weight is 164 g/mol. The van der Waals surface area contributed by atoms with Gasteiger partial charge >= 0.3 is 5.97 Å². The fraction of sp³-hybridized carbons (Fsp3) is 0.800. The molecule has 6 heteroatoms. The minimum absolute atomic E-state index is 0.0935. The summed E-state index contributed by atoms with van der Waals surface area (Å²) in [5.41, 5.74) is 4.99. The summed E-state index contributed by atoms with van der Waals surface area (Å²) in [5.74, 6) is -1.22. The van der Waals surface area contributed by atoms with Crippen LogP contribution in [0.25, 0.3) is 0 Å². The van der Waals surface area contributed by atoms with Crippen molar-refractivity contribution in [3.8, 4) is 0 Å². The summed E-state index contributed by atoms with van der Waals surface area (Å²) < 4.78 is 0. The van der Waals surface area contributed by atoms with Gasteiger partial charge in [-0.2, -0.15) is 0 Å². The molecule has 0 fully saturated rings. The van der Waals surface area contributed by atoms with Crippen molar-refractivity contribution >= 4 is 5.97 Å². The summed E-state index contributed by atoms with van der Waals surface area (Å²) in [6.45, 7) is -0.670. The molecule has 0 spiro atoms. The van der Waals surface area contributed by atoms with Crippen LogP contribution in [0.3, 0.4) is 0 Å². The van der Waals surface area contributed by atoms with Crippen molar-refractivity contribution in [1.82, 2.24) is 5.32 Å². The van der Waals surface area contributed by atoms with Crippen LogP contribution in [0.1, 0.15) is 0 Å². The molecule has 0 aromatic heterocycles. The molecule has 0 aliphatic rings. The zero-order valence-corrected chi connectivity index (χ0v) is 5.90. The number of carboxylic acid groups (broad SMARTS) is 1. The Morgan fingerprint density at radius 3 is 2.45 bits per heavy atom.